The average molecular weight is 342 g/mol. The number of nitrogens with one attached hydrogen (secondary N) is 1. The van der Waals surface area contributed by atoms with Gasteiger partial charge in [0.25, 0.3) is 5.91 Å². The van der Waals surface area contributed by atoms with Crippen molar-refractivity contribution in [3.63, 3.8) is 0 Å². The number of β-amino-alcohol motifs (C(OH)–C–C–N with tert-alkyl or cyclic N) is 1. The highest BCUT2D eigenvalue weighted by molar-refractivity contribution is 5.85. The third-order valence-corrected chi connectivity index (χ3v) is 4.61. The van der Waals surface area contributed by atoms with Crippen LogP contribution in [0, 0.1) is 5.82 Å². The van der Waals surface area contributed by atoms with E-state index in [1.54, 1.807) is 12.1 Å². The van der Waals surface area contributed by atoms with Gasteiger partial charge < -0.3 is 10.4 Å². The molecule has 1 unspecified atom stereocenters. The van der Waals surface area contributed by atoms with E-state index in [1.165, 1.54) is 17.7 Å². The van der Waals surface area contributed by atoms with Crippen molar-refractivity contribution in [3.05, 3.63) is 71.5 Å². The molecule has 2 N–H and O–H groups in total. The second-order valence-corrected chi connectivity index (χ2v) is 6.61. The van der Waals surface area contributed by atoms with Gasteiger partial charge in [-0.15, -0.1) is 0 Å². The first-order chi connectivity index (χ1) is 12.0. The van der Waals surface area contributed by atoms with Crippen LogP contribution in [0.4, 0.5) is 4.39 Å². The van der Waals surface area contributed by atoms with Crippen LogP contribution in [-0.4, -0.2) is 41.1 Å². The SMILES string of the molecule is O=C(NCCc1ccc(F)cc1)C1(O)CCN(Cc2ccccc2)C1. The third-order valence-electron chi connectivity index (χ3n) is 4.61. The number of benzene rings is 2. The molecule has 1 aliphatic heterocycles. The van der Waals surface area contributed by atoms with E-state index in [0.717, 1.165) is 12.1 Å². The summed E-state index contributed by atoms with van der Waals surface area (Å²) in [7, 11) is 0. The first kappa shape index (κ1) is 17.6. The Labute approximate surface area is 147 Å². The maximum absolute atomic E-state index is 12.9. The minimum absolute atomic E-state index is 0.272. The zero-order valence-electron chi connectivity index (χ0n) is 14.1. The summed E-state index contributed by atoms with van der Waals surface area (Å²) in [4.78, 5) is 14.5. The molecule has 2 aromatic rings. The summed E-state index contributed by atoms with van der Waals surface area (Å²) in [6.45, 7) is 2.18. The highest BCUT2D eigenvalue weighted by atomic mass is 19.1. The van der Waals surface area contributed by atoms with Gasteiger partial charge in [0.05, 0.1) is 0 Å². The van der Waals surface area contributed by atoms with Crippen molar-refractivity contribution >= 4 is 5.91 Å². The molecular formula is C20H23FN2O2. The molecule has 0 aromatic heterocycles. The summed E-state index contributed by atoms with van der Waals surface area (Å²) >= 11 is 0. The molecule has 1 fully saturated rings. The highest BCUT2D eigenvalue weighted by Crippen LogP contribution is 2.23. The number of likely N-dealkylation sites (tertiary alicyclic amines) is 1. The summed E-state index contributed by atoms with van der Waals surface area (Å²) < 4.78 is 12.9. The smallest absolute Gasteiger partial charge is 0.253 e. The molecule has 0 spiro atoms. The van der Waals surface area contributed by atoms with Gasteiger partial charge >= 0.3 is 0 Å². The first-order valence-electron chi connectivity index (χ1n) is 8.57. The topological polar surface area (TPSA) is 52.6 Å². The standard InChI is InChI=1S/C20H23FN2O2/c21-18-8-6-16(7-9-18)10-12-22-19(24)20(25)11-13-23(15-20)14-17-4-2-1-3-5-17/h1-9,25H,10-15H2,(H,22,24). The van der Waals surface area contributed by atoms with Crippen molar-refractivity contribution in [1.82, 2.24) is 10.2 Å². The molecule has 1 aliphatic rings. The minimum Gasteiger partial charge on any atom is -0.379 e. The van der Waals surface area contributed by atoms with E-state index < -0.39 is 5.60 Å². The average Bonchev–Trinajstić information content (AvgIpc) is 3.00. The Bertz CT molecular complexity index is 705. The molecule has 0 saturated carbocycles. The van der Waals surface area contributed by atoms with Gasteiger partial charge in [-0.1, -0.05) is 42.5 Å². The van der Waals surface area contributed by atoms with Gasteiger partial charge in [0.1, 0.15) is 5.82 Å². The summed E-state index contributed by atoms with van der Waals surface area (Å²) in [5, 5.41) is 13.4. The van der Waals surface area contributed by atoms with Gasteiger partial charge in [-0.05, 0) is 36.1 Å². The molecule has 132 valence electrons. The Kier molecular flexibility index (Phi) is 5.46. The molecule has 0 radical (unpaired) electrons. The first-order valence-corrected chi connectivity index (χ1v) is 8.57. The molecule has 4 nitrogen and oxygen atoms in total. The largest absolute Gasteiger partial charge is 0.379 e. The number of carbonyl (C=O) groups is 1. The summed E-state index contributed by atoms with van der Waals surface area (Å²) in [6, 6.07) is 16.2. The van der Waals surface area contributed by atoms with E-state index in [1.807, 2.05) is 30.3 Å². The molecule has 0 bridgehead atoms. The van der Waals surface area contributed by atoms with Crippen LogP contribution in [0.25, 0.3) is 0 Å². The maximum atomic E-state index is 12.9. The van der Waals surface area contributed by atoms with Crippen molar-refractivity contribution in [1.29, 1.82) is 0 Å². The van der Waals surface area contributed by atoms with Crippen LogP contribution < -0.4 is 5.32 Å². The Hall–Kier alpha value is -2.24. The lowest BCUT2D eigenvalue weighted by Gasteiger charge is -2.22. The molecule has 2 aromatic carbocycles. The summed E-state index contributed by atoms with van der Waals surface area (Å²) in [5.41, 5.74) is 0.784. The molecule has 0 aliphatic carbocycles. The molecular weight excluding hydrogens is 319 g/mol. The molecule has 3 rings (SSSR count). The number of rotatable bonds is 6. The zero-order chi connectivity index (χ0) is 17.7. The zero-order valence-corrected chi connectivity index (χ0v) is 14.1. The van der Waals surface area contributed by atoms with Crippen molar-refractivity contribution in [2.45, 2.75) is 25.0 Å². The maximum Gasteiger partial charge on any atom is 0.253 e. The normalized spacial score (nSPS) is 20.6. The minimum atomic E-state index is -1.34. The van der Waals surface area contributed by atoms with Gasteiger partial charge in [0, 0.05) is 26.2 Å². The summed E-state index contributed by atoms with van der Waals surface area (Å²) in [5.74, 6) is -0.600. The monoisotopic (exact) mass is 342 g/mol. The van der Waals surface area contributed by atoms with Crippen LogP contribution in [0.3, 0.4) is 0 Å². The second-order valence-electron chi connectivity index (χ2n) is 6.61. The van der Waals surface area contributed by atoms with Gasteiger partial charge in [-0.3, -0.25) is 9.69 Å². The number of hydrogen-bond donors (Lipinski definition) is 2. The Morgan fingerprint density at radius 3 is 2.56 bits per heavy atom. The van der Waals surface area contributed by atoms with Gasteiger partial charge in [-0.2, -0.15) is 0 Å². The molecule has 1 saturated heterocycles. The Morgan fingerprint density at radius 2 is 1.84 bits per heavy atom. The third kappa shape index (κ3) is 4.65. The van der Waals surface area contributed by atoms with Crippen LogP contribution in [-0.2, 0) is 17.8 Å². The lowest BCUT2D eigenvalue weighted by atomic mass is 10.0. The van der Waals surface area contributed by atoms with Crippen molar-refractivity contribution in [2.75, 3.05) is 19.6 Å². The number of halogens is 1. The lowest BCUT2D eigenvalue weighted by molar-refractivity contribution is -0.138. The van der Waals surface area contributed by atoms with Crippen LogP contribution in [0.5, 0.6) is 0 Å². The Balaban J connectivity index is 1.47. The highest BCUT2D eigenvalue weighted by Gasteiger charge is 2.42. The van der Waals surface area contributed by atoms with Crippen LogP contribution in [0.2, 0.25) is 0 Å². The van der Waals surface area contributed by atoms with E-state index in [-0.39, 0.29) is 11.7 Å². The summed E-state index contributed by atoms with van der Waals surface area (Å²) in [6.07, 6.45) is 1.04. The quantitative estimate of drug-likeness (QED) is 0.846. The predicted molar refractivity (Wildman–Crippen MR) is 94.4 cm³/mol. The predicted octanol–water partition coefficient (Wildman–Crippen LogP) is 2.12. The number of amides is 1. The van der Waals surface area contributed by atoms with E-state index in [9.17, 15) is 14.3 Å². The van der Waals surface area contributed by atoms with E-state index in [0.29, 0.717) is 32.5 Å². The second kappa shape index (κ2) is 7.76. The van der Waals surface area contributed by atoms with Gasteiger partial charge in [0.15, 0.2) is 5.60 Å². The molecule has 1 heterocycles. The number of carbonyl (C=O) groups excluding carboxylic acids is 1. The fraction of sp³-hybridized carbons (Fsp3) is 0.350. The number of nitrogens with zero attached hydrogens (tertiary/aromatic N) is 1. The van der Waals surface area contributed by atoms with Crippen molar-refractivity contribution in [3.8, 4) is 0 Å². The van der Waals surface area contributed by atoms with Crippen molar-refractivity contribution in [2.24, 2.45) is 0 Å². The fourth-order valence-corrected chi connectivity index (χ4v) is 3.17. The fourth-order valence-electron chi connectivity index (χ4n) is 3.17. The molecule has 1 atom stereocenters. The van der Waals surface area contributed by atoms with E-state index in [2.05, 4.69) is 10.2 Å². The molecule has 1 amide bonds. The molecule has 25 heavy (non-hydrogen) atoms. The van der Waals surface area contributed by atoms with Crippen LogP contribution in [0.15, 0.2) is 54.6 Å². The van der Waals surface area contributed by atoms with Gasteiger partial charge in [-0.25, -0.2) is 4.39 Å². The van der Waals surface area contributed by atoms with E-state index >= 15 is 0 Å². The Morgan fingerprint density at radius 1 is 1.12 bits per heavy atom. The number of aliphatic hydroxyl groups is 1. The van der Waals surface area contributed by atoms with Crippen LogP contribution in [0.1, 0.15) is 17.5 Å². The van der Waals surface area contributed by atoms with E-state index in [4.69, 9.17) is 0 Å². The number of hydrogen-bond acceptors (Lipinski definition) is 3. The van der Waals surface area contributed by atoms with Crippen molar-refractivity contribution < 1.29 is 14.3 Å². The molecule has 5 heteroatoms. The van der Waals surface area contributed by atoms with Gasteiger partial charge in [0.2, 0.25) is 0 Å². The van der Waals surface area contributed by atoms with Crippen LogP contribution >= 0.6 is 0 Å². The lowest BCUT2D eigenvalue weighted by Crippen LogP contribution is -2.49.